The van der Waals surface area contributed by atoms with Gasteiger partial charge in [0.1, 0.15) is 5.75 Å². The molecule has 1 aliphatic rings. The minimum absolute atomic E-state index is 0.0539. The summed E-state index contributed by atoms with van der Waals surface area (Å²) in [4.78, 5) is 36.7. The van der Waals surface area contributed by atoms with E-state index in [1.807, 2.05) is 54.3 Å². The molecule has 0 bridgehead atoms. The molecule has 0 aliphatic carbocycles. The van der Waals surface area contributed by atoms with Gasteiger partial charge in [0, 0.05) is 44.7 Å². The predicted octanol–water partition coefficient (Wildman–Crippen LogP) is 3.18. The lowest BCUT2D eigenvalue weighted by Crippen LogP contribution is -2.48. The number of H-pyrrole nitrogens is 1. The zero-order valence-electron chi connectivity index (χ0n) is 19.8. The van der Waals surface area contributed by atoms with E-state index < -0.39 is 0 Å². The molecule has 2 aromatic heterocycles. The van der Waals surface area contributed by atoms with E-state index in [2.05, 4.69) is 20.0 Å². The molecule has 4 aromatic rings. The van der Waals surface area contributed by atoms with Gasteiger partial charge in [-0.2, -0.15) is 4.98 Å². The minimum atomic E-state index is -0.273. The van der Waals surface area contributed by atoms with E-state index in [-0.39, 0.29) is 23.7 Å². The number of aromatic nitrogens is 3. The molecule has 1 amide bonds. The van der Waals surface area contributed by atoms with Crippen molar-refractivity contribution >= 4 is 22.5 Å². The summed E-state index contributed by atoms with van der Waals surface area (Å²) >= 11 is 0. The van der Waals surface area contributed by atoms with E-state index in [0.29, 0.717) is 31.0 Å². The highest BCUT2D eigenvalue weighted by molar-refractivity contribution is 5.84. The van der Waals surface area contributed by atoms with Crippen LogP contribution in [0.2, 0.25) is 0 Å². The number of aryl methyl sites for hydroxylation is 2. The lowest BCUT2D eigenvalue weighted by Gasteiger charge is -2.36. The summed E-state index contributed by atoms with van der Waals surface area (Å²) in [7, 11) is 1.65. The third kappa shape index (κ3) is 4.75. The smallest absolute Gasteiger partial charge is 0.259 e. The number of anilines is 1. The van der Waals surface area contributed by atoms with Gasteiger partial charge in [-0.3, -0.25) is 9.59 Å². The molecule has 5 rings (SSSR count). The van der Waals surface area contributed by atoms with E-state index in [0.717, 1.165) is 41.0 Å². The number of carbonyl (C=O) groups is 1. The van der Waals surface area contributed by atoms with E-state index in [9.17, 15) is 9.59 Å². The zero-order chi connectivity index (χ0) is 24.4. The number of carbonyl (C=O) groups excluding carboxylic acids is 1. The number of aromatic amines is 1. The van der Waals surface area contributed by atoms with Gasteiger partial charge in [0.05, 0.1) is 18.2 Å². The van der Waals surface area contributed by atoms with Gasteiger partial charge in [-0.1, -0.05) is 23.4 Å². The Morgan fingerprint density at radius 1 is 1.11 bits per heavy atom. The van der Waals surface area contributed by atoms with E-state index in [1.165, 1.54) is 0 Å². The normalized spacial score (nSPS) is 13.9. The van der Waals surface area contributed by atoms with Gasteiger partial charge >= 0.3 is 0 Å². The molecule has 9 heteroatoms. The summed E-state index contributed by atoms with van der Waals surface area (Å²) in [5.41, 5.74) is 2.98. The average molecular weight is 474 g/mol. The van der Waals surface area contributed by atoms with Crippen LogP contribution < -0.4 is 15.2 Å². The number of methoxy groups -OCH3 is 1. The van der Waals surface area contributed by atoms with Crippen LogP contribution in [0.25, 0.3) is 22.3 Å². The molecule has 1 aliphatic heterocycles. The monoisotopic (exact) mass is 473 g/mol. The second kappa shape index (κ2) is 9.61. The van der Waals surface area contributed by atoms with Gasteiger partial charge < -0.3 is 24.0 Å². The Kier molecular flexibility index (Phi) is 6.22. The number of hydrogen-bond donors (Lipinski definition) is 1. The largest absolute Gasteiger partial charge is 0.497 e. The fourth-order valence-electron chi connectivity index (χ4n) is 4.39. The SMILES string of the molecule is COc1ccc(N2CCN(C(=O)CCc3nc(-c4cc5cccc(C)c5[nH]c4=O)no3)CC2)cc1. The number of benzene rings is 2. The maximum atomic E-state index is 12.8. The van der Waals surface area contributed by atoms with Gasteiger partial charge in [0.15, 0.2) is 0 Å². The van der Waals surface area contributed by atoms with Crippen LogP contribution in [0, 0.1) is 6.92 Å². The molecule has 9 nitrogen and oxygen atoms in total. The Hall–Kier alpha value is -4.14. The van der Waals surface area contributed by atoms with Crippen molar-refractivity contribution in [1.82, 2.24) is 20.0 Å². The van der Waals surface area contributed by atoms with Crippen molar-refractivity contribution in [3.05, 3.63) is 70.3 Å². The maximum absolute atomic E-state index is 12.8. The first-order valence-corrected chi connectivity index (χ1v) is 11.6. The number of pyridine rings is 1. The molecule has 0 radical (unpaired) electrons. The Bertz CT molecular complexity index is 1400. The predicted molar refractivity (Wildman–Crippen MR) is 133 cm³/mol. The summed E-state index contributed by atoms with van der Waals surface area (Å²) in [6.45, 7) is 4.80. The number of amides is 1. The highest BCUT2D eigenvalue weighted by Gasteiger charge is 2.22. The Labute approximate surface area is 202 Å². The van der Waals surface area contributed by atoms with Crippen LogP contribution in [0.1, 0.15) is 17.9 Å². The number of rotatable bonds is 6. The fraction of sp³-hybridized carbons (Fsp3) is 0.308. The van der Waals surface area contributed by atoms with Gasteiger partial charge in [-0.05, 0) is 48.2 Å². The number of nitrogens with zero attached hydrogens (tertiary/aromatic N) is 4. The average Bonchev–Trinajstić information content (AvgIpc) is 3.36. The molecule has 1 fully saturated rings. The summed E-state index contributed by atoms with van der Waals surface area (Å²) < 4.78 is 10.6. The fourth-order valence-corrected chi connectivity index (χ4v) is 4.39. The molecular weight excluding hydrogens is 446 g/mol. The van der Waals surface area contributed by atoms with Crippen LogP contribution in [-0.2, 0) is 11.2 Å². The van der Waals surface area contributed by atoms with Crippen molar-refractivity contribution in [3.63, 3.8) is 0 Å². The number of fused-ring (bicyclic) bond motifs is 1. The van der Waals surface area contributed by atoms with Gasteiger partial charge in [-0.15, -0.1) is 0 Å². The summed E-state index contributed by atoms with van der Waals surface area (Å²) in [5, 5.41) is 4.87. The second-order valence-corrected chi connectivity index (χ2v) is 8.63. The molecular formula is C26H27N5O4. The second-order valence-electron chi connectivity index (χ2n) is 8.63. The molecule has 3 heterocycles. The van der Waals surface area contributed by atoms with Gasteiger partial charge in [0.2, 0.25) is 17.6 Å². The molecule has 2 aromatic carbocycles. The molecule has 1 N–H and O–H groups in total. The third-order valence-electron chi connectivity index (χ3n) is 6.42. The van der Waals surface area contributed by atoms with Crippen molar-refractivity contribution in [3.8, 4) is 17.1 Å². The van der Waals surface area contributed by atoms with E-state index >= 15 is 0 Å². The molecule has 0 atom stereocenters. The first kappa shape index (κ1) is 22.6. The molecule has 0 saturated carbocycles. The molecule has 0 spiro atoms. The Morgan fingerprint density at radius 3 is 2.63 bits per heavy atom. The summed E-state index contributed by atoms with van der Waals surface area (Å²) in [6.07, 6.45) is 0.604. The highest BCUT2D eigenvalue weighted by atomic mass is 16.5. The van der Waals surface area contributed by atoms with Crippen molar-refractivity contribution in [2.45, 2.75) is 19.8 Å². The van der Waals surface area contributed by atoms with Crippen molar-refractivity contribution in [1.29, 1.82) is 0 Å². The summed E-state index contributed by atoms with van der Waals surface area (Å²) in [6, 6.07) is 15.5. The first-order valence-electron chi connectivity index (χ1n) is 11.6. The standard InChI is InChI=1S/C26H27N5O4/c1-17-4-3-5-18-16-21(26(33)28-24(17)18)25-27-22(35-29-25)10-11-23(32)31-14-12-30(13-15-31)19-6-8-20(34-2)9-7-19/h3-9,16H,10-15H2,1-2H3,(H,28,33). The molecule has 1 saturated heterocycles. The van der Waals surface area contributed by atoms with Crippen molar-refractivity contribution in [2.24, 2.45) is 0 Å². The lowest BCUT2D eigenvalue weighted by molar-refractivity contribution is -0.131. The van der Waals surface area contributed by atoms with Crippen LogP contribution in [0.5, 0.6) is 5.75 Å². The van der Waals surface area contributed by atoms with E-state index in [1.54, 1.807) is 13.2 Å². The van der Waals surface area contributed by atoms with Crippen LogP contribution >= 0.6 is 0 Å². The number of ether oxygens (including phenoxy) is 1. The third-order valence-corrected chi connectivity index (χ3v) is 6.42. The number of hydrogen-bond acceptors (Lipinski definition) is 7. The highest BCUT2D eigenvalue weighted by Crippen LogP contribution is 2.22. The van der Waals surface area contributed by atoms with Gasteiger partial charge in [0.25, 0.3) is 5.56 Å². The molecule has 35 heavy (non-hydrogen) atoms. The Morgan fingerprint density at radius 2 is 1.89 bits per heavy atom. The quantitative estimate of drug-likeness (QED) is 0.459. The van der Waals surface area contributed by atoms with Crippen molar-refractivity contribution < 1.29 is 14.1 Å². The molecule has 0 unspecified atom stereocenters. The molecule has 180 valence electrons. The summed E-state index contributed by atoms with van der Waals surface area (Å²) in [5.74, 6) is 1.45. The van der Waals surface area contributed by atoms with Crippen LogP contribution in [0.4, 0.5) is 5.69 Å². The minimum Gasteiger partial charge on any atom is -0.497 e. The maximum Gasteiger partial charge on any atom is 0.259 e. The topological polar surface area (TPSA) is 105 Å². The van der Waals surface area contributed by atoms with Crippen LogP contribution in [0.3, 0.4) is 0 Å². The first-order chi connectivity index (χ1) is 17.0. The Balaban J connectivity index is 1.18. The zero-order valence-corrected chi connectivity index (χ0v) is 19.8. The number of piperazine rings is 1. The van der Waals surface area contributed by atoms with Crippen LogP contribution in [0.15, 0.2) is 57.8 Å². The number of nitrogens with one attached hydrogen (secondary N) is 1. The van der Waals surface area contributed by atoms with Crippen molar-refractivity contribution in [2.75, 3.05) is 38.2 Å². The van der Waals surface area contributed by atoms with E-state index in [4.69, 9.17) is 9.26 Å². The number of para-hydroxylation sites is 1. The van der Waals surface area contributed by atoms with Gasteiger partial charge in [-0.25, -0.2) is 0 Å². The van der Waals surface area contributed by atoms with Crippen LogP contribution in [-0.4, -0.2) is 59.2 Å². The lowest BCUT2D eigenvalue weighted by atomic mass is 10.1.